The Bertz CT molecular complexity index is 572. The Balaban J connectivity index is 2.17. The van der Waals surface area contributed by atoms with Crippen molar-refractivity contribution >= 4 is 11.0 Å². The second kappa shape index (κ2) is 7.13. The summed E-state index contributed by atoms with van der Waals surface area (Å²) in [5, 5.41) is 4.97. The number of aryl methyl sites for hydroxylation is 1. The van der Waals surface area contributed by atoms with Crippen LogP contribution in [-0.4, -0.2) is 6.04 Å². The predicted octanol–water partition coefficient (Wildman–Crippen LogP) is 5.47. The van der Waals surface area contributed by atoms with Crippen molar-refractivity contribution in [2.75, 3.05) is 0 Å². The first-order chi connectivity index (χ1) is 10.1. The van der Waals surface area contributed by atoms with Crippen molar-refractivity contribution in [3.05, 3.63) is 35.6 Å². The van der Waals surface area contributed by atoms with Crippen LogP contribution in [0.3, 0.4) is 0 Å². The van der Waals surface area contributed by atoms with E-state index in [4.69, 9.17) is 4.42 Å². The molecule has 0 saturated heterocycles. The first-order valence-electron chi connectivity index (χ1n) is 8.33. The summed E-state index contributed by atoms with van der Waals surface area (Å²) in [5.74, 6) is 1.87. The Morgan fingerprint density at radius 2 is 1.81 bits per heavy atom. The number of para-hydroxylation sites is 1. The zero-order chi connectivity index (χ0) is 15.4. The first kappa shape index (κ1) is 16.1. The fourth-order valence-corrected chi connectivity index (χ4v) is 3.17. The molecule has 0 saturated carbocycles. The van der Waals surface area contributed by atoms with Crippen LogP contribution in [0.25, 0.3) is 11.0 Å². The number of nitrogens with one attached hydrogen (secondary N) is 1. The molecule has 2 aromatic rings. The lowest BCUT2D eigenvalue weighted by atomic mass is 9.99. The van der Waals surface area contributed by atoms with E-state index in [1.165, 1.54) is 23.8 Å². The Kier molecular flexibility index (Phi) is 5.46. The van der Waals surface area contributed by atoms with E-state index in [9.17, 15) is 0 Å². The highest BCUT2D eigenvalue weighted by Gasteiger charge is 2.19. The zero-order valence-corrected chi connectivity index (χ0v) is 14.1. The molecule has 0 aliphatic heterocycles. The van der Waals surface area contributed by atoms with E-state index in [-0.39, 0.29) is 6.04 Å². The van der Waals surface area contributed by atoms with Crippen LogP contribution in [0.5, 0.6) is 0 Å². The first-order valence-corrected chi connectivity index (χ1v) is 8.33. The van der Waals surface area contributed by atoms with E-state index >= 15 is 0 Å². The summed E-state index contributed by atoms with van der Waals surface area (Å²) < 4.78 is 6.12. The molecular formula is C19H29NO. The number of hydrogen-bond acceptors (Lipinski definition) is 2. The van der Waals surface area contributed by atoms with Gasteiger partial charge >= 0.3 is 0 Å². The van der Waals surface area contributed by atoms with Crippen LogP contribution >= 0.6 is 0 Å². The van der Waals surface area contributed by atoms with Crippen LogP contribution in [0.2, 0.25) is 0 Å². The fraction of sp³-hybridized carbons (Fsp3) is 0.579. The molecule has 1 aromatic heterocycles. The normalized spacial score (nSPS) is 16.0. The van der Waals surface area contributed by atoms with Gasteiger partial charge in [-0.15, -0.1) is 0 Å². The molecule has 1 heterocycles. The van der Waals surface area contributed by atoms with Gasteiger partial charge in [-0.1, -0.05) is 45.4 Å². The minimum absolute atomic E-state index is 0.256. The quantitative estimate of drug-likeness (QED) is 0.730. The maximum atomic E-state index is 6.12. The molecule has 1 N–H and O–H groups in total. The van der Waals surface area contributed by atoms with Gasteiger partial charge in [-0.2, -0.15) is 0 Å². The summed E-state index contributed by atoms with van der Waals surface area (Å²) in [6.07, 6.45) is 3.46. The van der Waals surface area contributed by atoms with Gasteiger partial charge in [0.05, 0.1) is 6.04 Å². The van der Waals surface area contributed by atoms with Gasteiger partial charge in [-0.3, -0.25) is 0 Å². The van der Waals surface area contributed by atoms with Gasteiger partial charge in [0.2, 0.25) is 0 Å². The minimum Gasteiger partial charge on any atom is -0.459 e. The summed E-state index contributed by atoms with van der Waals surface area (Å²) in [6.45, 7) is 11.3. The average molecular weight is 287 g/mol. The van der Waals surface area contributed by atoms with Crippen LogP contribution in [0.15, 0.2) is 28.7 Å². The Labute approximate surface area is 128 Å². The predicted molar refractivity (Wildman–Crippen MR) is 90.7 cm³/mol. The highest BCUT2D eigenvalue weighted by Crippen LogP contribution is 2.30. The lowest BCUT2D eigenvalue weighted by Crippen LogP contribution is -2.30. The summed E-state index contributed by atoms with van der Waals surface area (Å²) >= 11 is 0. The van der Waals surface area contributed by atoms with E-state index in [2.05, 4.69) is 58.1 Å². The number of furan rings is 1. The van der Waals surface area contributed by atoms with E-state index < -0.39 is 0 Å². The van der Waals surface area contributed by atoms with Gasteiger partial charge in [0, 0.05) is 17.0 Å². The molecule has 2 nitrogen and oxygen atoms in total. The number of rotatable bonds is 7. The van der Waals surface area contributed by atoms with Crippen LogP contribution in [-0.2, 0) is 6.42 Å². The van der Waals surface area contributed by atoms with E-state index in [1.807, 2.05) is 6.07 Å². The molecule has 0 amide bonds. The molecule has 2 rings (SSSR count). The Hall–Kier alpha value is -1.28. The molecule has 0 bridgehead atoms. The third kappa shape index (κ3) is 3.68. The third-order valence-corrected chi connectivity index (χ3v) is 4.46. The van der Waals surface area contributed by atoms with E-state index in [1.54, 1.807) is 0 Å². The number of hydrogen-bond donors (Lipinski definition) is 1. The van der Waals surface area contributed by atoms with Gasteiger partial charge in [-0.05, 0) is 38.7 Å². The van der Waals surface area contributed by atoms with Crippen molar-refractivity contribution in [2.24, 2.45) is 5.92 Å². The number of benzene rings is 1. The molecule has 0 aliphatic rings. The summed E-state index contributed by atoms with van der Waals surface area (Å²) in [7, 11) is 0. The topological polar surface area (TPSA) is 25.2 Å². The van der Waals surface area contributed by atoms with Crippen LogP contribution in [0.1, 0.15) is 64.8 Å². The monoisotopic (exact) mass is 287 g/mol. The summed E-state index contributed by atoms with van der Waals surface area (Å²) in [5.41, 5.74) is 2.36. The third-order valence-electron chi connectivity index (χ3n) is 4.46. The lowest BCUT2D eigenvalue weighted by Gasteiger charge is -2.22. The standard InChI is InChI=1S/C19H29NO/c1-6-13(3)12-14(4)20-15(5)19-16(7-2)17-10-8-9-11-18(17)21-19/h8-11,13-15,20H,6-7,12H2,1-5H3. The Morgan fingerprint density at radius 1 is 1.10 bits per heavy atom. The molecule has 3 atom stereocenters. The second-order valence-corrected chi connectivity index (χ2v) is 6.33. The zero-order valence-electron chi connectivity index (χ0n) is 14.1. The molecule has 0 radical (unpaired) electrons. The molecule has 116 valence electrons. The minimum atomic E-state index is 0.256. The SMILES string of the molecule is CCc1c(C(C)NC(C)CC(C)CC)oc2ccccc12. The van der Waals surface area contributed by atoms with Crippen LogP contribution in [0.4, 0.5) is 0 Å². The molecule has 2 heteroatoms. The van der Waals surface area contributed by atoms with Crippen molar-refractivity contribution in [2.45, 2.75) is 66.0 Å². The molecule has 3 unspecified atom stereocenters. The van der Waals surface area contributed by atoms with Gasteiger partial charge in [0.1, 0.15) is 11.3 Å². The molecular weight excluding hydrogens is 258 g/mol. The van der Waals surface area contributed by atoms with Crippen molar-refractivity contribution in [3.63, 3.8) is 0 Å². The van der Waals surface area contributed by atoms with Gasteiger partial charge in [0.25, 0.3) is 0 Å². The number of fused-ring (bicyclic) bond motifs is 1. The van der Waals surface area contributed by atoms with Crippen LogP contribution < -0.4 is 5.32 Å². The van der Waals surface area contributed by atoms with E-state index in [0.29, 0.717) is 6.04 Å². The van der Waals surface area contributed by atoms with Gasteiger partial charge in [-0.25, -0.2) is 0 Å². The van der Waals surface area contributed by atoms with Crippen molar-refractivity contribution in [1.82, 2.24) is 5.32 Å². The Morgan fingerprint density at radius 3 is 2.48 bits per heavy atom. The second-order valence-electron chi connectivity index (χ2n) is 6.33. The summed E-state index contributed by atoms with van der Waals surface area (Å²) in [4.78, 5) is 0. The van der Waals surface area contributed by atoms with Crippen molar-refractivity contribution in [3.8, 4) is 0 Å². The fourth-order valence-electron chi connectivity index (χ4n) is 3.17. The maximum Gasteiger partial charge on any atom is 0.134 e. The van der Waals surface area contributed by atoms with Gasteiger partial charge in [0.15, 0.2) is 0 Å². The lowest BCUT2D eigenvalue weighted by molar-refractivity contribution is 0.358. The molecule has 1 aromatic carbocycles. The smallest absolute Gasteiger partial charge is 0.134 e. The highest BCUT2D eigenvalue weighted by atomic mass is 16.3. The largest absolute Gasteiger partial charge is 0.459 e. The van der Waals surface area contributed by atoms with Gasteiger partial charge < -0.3 is 9.73 Å². The van der Waals surface area contributed by atoms with Crippen LogP contribution in [0, 0.1) is 5.92 Å². The summed E-state index contributed by atoms with van der Waals surface area (Å²) in [6, 6.07) is 9.12. The molecule has 0 spiro atoms. The van der Waals surface area contributed by atoms with Crippen molar-refractivity contribution < 1.29 is 4.42 Å². The maximum absolute atomic E-state index is 6.12. The average Bonchev–Trinajstić information content (AvgIpc) is 2.85. The molecule has 0 aliphatic carbocycles. The van der Waals surface area contributed by atoms with E-state index in [0.717, 1.165) is 23.7 Å². The molecule has 21 heavy (non-hydrogen) atoms. The highest BCUT2D eigenvalue weighted by molar-refractivity contribution is 5.82. The molecule has 0 fully saturated rings. The van der Waals surface area contributed by atoms with Crippen molar-refractivity contribution in [1.29, 1.82) is 0 Å².